The van der Waals surface area contributed by atoms with E-state index in [1.165, 1.54) is 23.3 Å². The molecule has 1 atom stereocenters. The highest BCUT2D eigenvalue weighted by atomic mass is 19.4. The minimum atomic E-state index is -4.30. The first-order valence-corrected chi connectivity index (χ1v) is 9.32. The van der Waals surface area contributed by atoms with E-state index >= 15 is 0 Å². The molecule has 0 spiro atoms. The Labute approximate surface area is 164 Å². The molecule has 0 amide bonds. The molecular formula is C25H23F3. The summed E-state index contributed by atoms with van der Waals surface area (Å²) in [6.07, 6.45) is 9.15. The van der Waals surface area contributed by atoms with E-state index in [4.69, 9.17) is 0 Å². The zero-order valence-corrected chi connectivity index (χ0v) is 16.0. The Balaban J connectivity index is 1.64. The van der Waals surface area contributed by atoms with Crippen molar-refractivity contribution in [2.45, 2.75) is 26.4 Å². The van der Waals surface area contributed by atoms with E-state index in [0.717, 1.165) is 35.2 Å². The first kappa shape index (κ1) is 19.9. The van der Waals surface area contributed by atoms with E-state index in [9.17, 15) is 13.2 Å². The van der Waals surface area contributed by atoms with Crippen molar-refractivity contribution in [3.63, 3.8) is 0 Å². The predicted molar refractivity (Wildman–Crippen MR) is 111 cm³/mol. The van der Waals surface area contributed by atoms with Crippen molar-refractivity contribution in [1.29, 1.82) is 0 Å². The molecule has 0 radical (unpaired) electrons. The van der Waals surface area contributed by atoms with Gasteiger partial charge in [0.1, 0.15) is 0 Å². The monoisotopic (exact) mass is 380 g/mol. The summed E-state index contributed by atoms with van der Waals surface area (Å²) < 4.78 is 37.8. The molecule has 0 saturated carbocycles. The molecule has 0 bridgehead atoms. The molecular weight excluding hydrogens is 357 g/mol. The van der Waals surface area contributed by atoms with Gasteiger partial charge in [-0.1, -0.05) is 85.4 Å². The Hall–Kier alpha value is -2.81. The van der Waals surface area contributed by atoms with Crippen LogP contribution in [0.3, 0.4) is 0 Å². The Morgan fingerprint density at radius 1 is 0.750 bits per heavy atom. The average Bonchev–Trinajstić information content (AvgIpc) is 2.66. The van der Waals surface area contributed by atoms with E-state index < -0.39 is 11.7 Å². The minimum Gasteiger partial charge on any atom is -0.166 e. The molecule has 0 N–H and O–H groups in total. The number of alkyl halides is 3. The fraction of sp³-hybridized carbons (Fsp3) is 0.200. The van der Waals surface area contributed by atoms with Gasteiger partial charge in [0, 0.05) is 0 Å². The van der Waals surface area contributed by atoms with Crippen molar-refractivity contribution in [3.8, 4) is 0 Å². The minimum absolute atomic E-state index is 0.534. The van der Waals surface area contributed by atoms with Gasteiger partial charge in [-0.25, -0.2) is 0 Å². The molecule has 1 unspecified atom stereocenters. The molecule has 0 saturated heterocycles. The van der Waals surface area contributed by atoms with Crippen LogP contribution >= 0.6 is 0 Å². The molecule has 0 heterocycles. The Morgan fingerprint density at radius 2 is 1.21 bits per heavy atom. The number of halogens is 3. The summed E-state index contributed by atoms with van der Waals surface area (Å²) in [6, 6.07) is 13.2. The van der Waals surface area contributed by atoms with Gasteiger partial charge in [-0.2, -0.15) is 13.2 Å². The van der Waals surface area contributed by atoms with Crippen LogP contribution in [0.5, 0.6) is 0 Å². The maximum atomic E-state index is 12.6. The summed E-state index contributed by atoms with van der Waals surface area (Å²) in [6.45, 7) is 4.40. The van der Waals surface area contributed by atoms with E-state index in [2.05, 4.69) is 38.2 Å². The summed E-state index contributed by atoms with van der Waals surface area (Å²) in [5.41, 5.74) is 4.96. The SMILES string of the molecule is CC1=CC=C(/C=C/c2ccc(/C=C/c3ccc(C(F)(F)F)cc3)cc2)C(C)C1. The molecule has 1 aliphatic carbocycles. The number of rotatable bonds is 4. The second-order valence-corrected chi connectivity index (χ2v) is 7.24. The maximum Gasteiger partial charge on any atom is 0.416 e. The fourth-order valence-electron chi connectivity index (χ4n) is 3.18. The lowest BCUT2D eigenvalue weighted by Gasteiger charge is -2.17. The van der Waals surface area contributed by atoms with Gasteiger partial charge in [0.25, 0.3) is 0 Å². The smallest absolute Gasteiger partial charge is 0.166 e. The van der Waals surface area contributed by atoms with Crippen LogP contribution in [-0.4, -0.2) is 0 Å². The average molecular weight is 380 g/mol. The van der Waals surface area contributed by atoms with Crippen molar-refractivity contribution < 1.29 is 13.2 Å². The molecule has 0 aromatic heterocycles. The normalized spacial score (nSPS) is 17.8. The maximum absolute atomic E-state index is 12.6. The Kier molecular flexibility index (Phi) is 6.03. The molecule has 1 aliphatic rings. The van der Waals surface area contributed by atoms with Gasteiger partial charge < -0.3 is 0 Å². The molecule has 0 nitrogen and oxygen atoms in total. The quantitative estimate of drug-likeness (QED) is 0.475. The van der Waals surface area contributed by atoms with E-state index in [-0.39, 0.29) is 0 Å². The molecule has 28 heavy (non-hydrogen) atoms. The van der Waals surface area contributed by atoms with Crippen molar-refractivity contribution in [3.05, 3.63) is 100 Å². The summed E-state index contributed by atoms with van der Waals surface area (Å²) >= 11 is 0. The molecule has 3 rings (SSSR count). The van der Waals surface area contributed by atoms with Crippen LogP contribution < -0.4 is 0 Å². The van der Waals surface area contributed by atoms with Crippen LogP contribution in [0.25, 0.3) is 18.2 Å². The highest BCUT2D eigenvalue weighted by Crippen LogP contribution is 2.29. The summed E-state index contributed by atoms with van der Waals surface area (Å²) in [5.74, 6) is 0.534. The van der Waals surface area contributed by atoms with Gasteiger partial charge in [-0.05, 0) is 53.7 Å². The van der Waals surface area contributed by atoms with Crippen LogP contribution in [0.4, 0.5) is 13.2 Å². The first-order valence-electron chi connectivity index (χ1n) is 9.32. The number of benzene rings is 2. The van der Waals surface area contributed by atoms with Gasteiger partial charge in [-0.15, -0.1) is 0 Å². The van der Waals surface area contributed by atoms with Crippen LogP contribution in [-0.2, 0) is 6.18 Å². The van der Waals surface area contributed by atoms with E-state index in [1.54, 1.807) is 0 Å². The van der Waals surface area contributed by atoms with Gasteiger partial charge in [0.15, 0.2) is 0 Å². The highest BCUT2D eigenvalue weighted by molar-refractivity contribution is 5.70. The highest BCUT2D eigenvalue weighted by Gasteiger charge is 2.29. The van der Waals surface area contributed by atoms with Gasteiger partial charge in [0.2, 0.25) is 0 Å². The van der Waals surface area contributed by atoms with Crippen molar-refractivity contribution in [2.75, 3.05) is 0 Å². The topological polar surface area (TPSA) is 0 Å². The Morgan fingerprint density at radius 3 is 1.68 bits per heavy atom. The summed E-state index contributed by atoms with van der Waals surface area (Å²) in [5, 5.41) is 0. The van der Waals surface area contributed by atoms with Gasteiger partial charge in [-0.3, -0.25) is 0 Å². The largest absolute Gasteiger partial charge is 0.416 e. The van der Waals surface area contributed by atoms with Crippen LogP contribution in [0.15, 0.2) is 77.9 Å². The van der Waals surface area contributed by atoms with Gasteiger partial charge >= 0.3 is 6.18 Å². The molecule has 2 aromatic carbocycles. The zero-order valence-electron chi connectivity index (χ0n) is 16.0. The standard InChI is InChI=1S/C25H23F3/c1-18-3-13-23(19(2)17-18)14-10-21-7-4-20(5-8-21)6-9-22-11-15-24(16-12-22)25(26,27)28/h3-16,19H,17H2,1-2H3/b9-6+,14-10+. The molecule has 2 aromatic rings. The molecule has 144 valence electrons. The van der Waals surface area contributed by atoms with Crippen LogP contribution in [0, 0.1) is 5.92 Å². The third-order valence-corrected chi connectivity index (χ3v) is 4.87. The molecule has 0 aliphatic heterocycles. The molecule has 0 fully saturated rings. The lowest BCUT2D eigenvalue weighted by atomic mass is 9.89. The van der Waals surface area contributed by atoms with E-state index in [0.29, 0.717) is 5.92 Å². The third kappa shape index (κ3) is 5.35. The summed E-state index contributed by atoms with van der Waals surface area (Å²) in [7, 11) is 0. The van der Waals surface area contributed by atoms with Crippen molar-refractivity contribution >= 4 is 18.2 Å². The second kappa shape index (κ2) is 8.47. The van der Waals surface area contributed by atoms with E-state index in [1.807, 2.05) is 36.4 Å². The number of hydrogen-bond donors (Lipinski definition) is 0. The summed E-state index contributed by atoms with van der Waals surface area (Å²) in [4.78, 5) is 0. The van der Waals surface area contributed by atoms with Crippen molar-refractivity contribution in [2.24, 2.45) is 5.92 Å². The lowest BCUT2D eigenvalue weighted by Crippen LogP contribution is -2.03. The molecule has 3 heteroatoms. The lowest BCUT2D eigenvalue weighted by molar-refractivity contribution is -0.137. The zero-order chi connectivity index (χ0) is 20.1. The second-order valence-electron chi connectivity index (χ2n) is 7.24. The first-order chi connectivity index (χ1) is 13.3. The van der Waals surface area contributed by atoms with Crippen molar-refractivity contribution in [1.82, 2.24) is 0 Å². The Bertz CT molecular complexity index is 921. The number of allylic oxidation sites excluding steroid dienone is 5. The number of hydrogen-bond acceptors (Lipinski definition) is 0. The predicted octanol–water partition coefficient (Wildman–Crippen LogP) is 7.80. The van der Waals surface area contributed by atoms with Crippen LogP contribution in [0.1, 0.15) is 42.5 Å². The third-order valence-electron chi connectivity index (χ3n) is 4.87. The fourth-order valence-corrected chi connectivity index (χ4v) is 3.18. The van der Waals surface area contributed by atoms with Gasteiger partial charge in [0.05, 0.1) is 5.56 Å². The van der Waals surface area contributed by atoms with Crippen LogP contribution in [0.2, 0.25) is 0 Å².